The van der Waals surface area contributed by atoms with Crippen molar-refractivity contribution >= 4 is 46.6 Å². The molecule has 29 heavy (non-hydrogen) atoms. The highest BCUT2D eigenvalue weighted by atomic mass is 35.5. The molecule has 1 atom stereocenters. The molecule has 1 aliphatic heterocycles. The summed E-state index contributed by atoms with van der Waals surface area (Å²) in [6.07, 6.45) is 0.230. The molecule has 1 aliphatic rings. The first-order valence-corrected chi connectivity index (χ1v) is 10.3. The summed E-state index contributed by atoms with van der Waals surface area (Å²) < 4.78 is 1.55. The second kappa shape index (κ2) is 8.22. The standard InChI is InChI=1S/C19H17ClN6O2S/c1-12-10-17(27)21-15-4-2-3-5-16(15)25(12)18(28)11-29-19-22-23-24-26(19)14-8-6-13(20)7-9-14/h2-9,12H,10-11H2,1H3,(H,21,27). The minimum atomic E-state index is -0.265. The Balaban J connectivity index is 1.54. The van der Waals surface area contributed by atoms with Crippen LogP contribution in [0.4, 0.5) is 11.4 Å². The maximum Gasteiger partial charge on any atom is 0.237 e. The molecule has 0 saturated carbocycles. The Morgan fingerprint density at radius 3 is 2.79 bits per heavy atom. The Morgan fingerprint density at radius 1 is 1.24 bits per heavy atom. The van der Waals surface area contributed by atoms with E-state index >= 15 is 0 Å². The maximum atomic E-state index is 13.1. The molecule has 0 fully saturated rings. The van der Waals surface area contributed by atoms with Crippen LogP contribution in [-0.2, 0) is 9.59 Å². The monoisotopic (exact) mass is 428 g/mol. The zero-order valence-electron chi connectivity index (χ0n) is 15.4. The number of carbonyl (C=O) groups is 2. The minimum Gasteiger partial charge on any atom is -0.324 e. The summed E-state index contributed by atoms with van der Waals surface area (Å²) >= 11 is 7.17. The topological polar surface area (TPSA) is 93.0 Å². The van der Waals surface area contributed by atoms with E-state index in [0.29, 0.717) is 21.6 Å². The number of fused-ring (bicyclic) bond motifs is 1. The van der Waals surface area contributed by atoms with Crippen molar-refractivity contribution in [1.82, 2.24) is 20.2 Å². The van der Waals surface area contributed by atoms with Crippen LogP contribution in [0.2, 0.25) is 5.02 Å². The van der Waals surface area contributed by atoms with E-state index in [4.69, 9.17) is 11.6 Å². The van der Waals surface area contributed by atoms with Gasteiger partial charge in [0.2, 0.25) is 17.0 Å². The second-order valence-electron chi connectivity index (χ2n) is 6.52. The van der Waals surface area contributed by atoms with E-state index in [9.17, 15) is 9.59 Å². The van der Waals surface area contributed by atoms with Gasteiger partial charge in [0.1, 0.15) is 0 Å². The van der Waals surface area contributed by atoms with Crippen LogP contribution in [0.15, 0.2) is 53.7 Å². The Hall–Kier alpha value is -2.91. The van der Waals surface area contributed by atoms with Crippen LogP contribution in [0.3, 0.4) is 0 Å². The lowest BCUT2D eigenvalue weighted by atomic mass is 10.2. The quantitative estimate of drug-likeness (QED) is 0.641. The summed E-state index contributed by atoms with van der Waals surface area (Å²) in [6.45, 7) is 1.86. The van der Waals surface area contributed by atoms with Gasteiger partial charge in [-0.05, 0) is 53.7 Å². The predicted molar refractivity (Wildman–Crippen MR) is 112 cm³/mol. The number of rotatable bonds is 4. The molecular formula is C19H17ClN6O2S. The molecule has 4 rings (SSSR count). The van der Waals surface area contributed by atoms with Crippen LogP contribution < -0.4 is 10.2 Å². The fourth-order valence-electron chi connectivity index (χ4n) is 3.18. The molecule has 1 aromatic heterocycles. The smallest absolute Gasteiger partial charge is 0.237 e. The number of hydrogen-bond donors (Lipinski definition) is 1. The van der Waals surface area contributed by atoms with Crippen LogP contribution in [0.5, 0.6) is 0 Å². The summed E-state index contributed by atoms with van der Waals surface area (Å²) in [5.74, 6) is -0.113. The molecule has 0 aliphatic carbocycles. The van der Waals surface area contributed by atoms with Gasteiger partial charge in [0.25, 0.3) is 0 Å². The number of halogens is 1. The van der Waals surface area contributed by atoms with Gasteiger partial charge in [-0.2, -0.15) is 4.68 Å². The van der Waals surface area contributed by atoms with Crippen LogP contribution in [-0.4, -0.2) is 43.8 Å². The van der Waals surface area contributed by atoms with E-state index in [1.165, 1.54) is 11.8 Å². The van der Waals surface area contributed by atoms with Gasteiger partial charge >= 0.3 is 0 Å². The maximum absolute atomic E-state index is 13.1. The molecule has 2 heterocycles. The Bertz CT molecular complexity index is 1050. The van der Waals surface area contributed by atoms with Gasteiger partial charge in [0, 0.05) is 17.5 Å². The molecule has 0 bridgehead atoms. The van der Waals surface area contributed by atoms with Gasteiger partial charge in [-0.1, -0.05) is 35.5 Å². The van der Waals surface area contributed by atoms with E-state index in [1.54, 1.807) is 39.9 Å². The number of nitrogens with one attached hydrogen (secondary N) is 1. The number of carbonyl (C=O) groups excluding carboxylic acids is 2. The van der Waals surface area contributed by atoms with Crippen molar-refractivity contribution in [3.63, 3.8) is 0 Å². The van der Waals surface area contributed by atoms with Crippen molar-refractivity contribution in [2.75, 3.05) is 16.0 Å². The van der Waals surface area contributed by atoms with Crippen molar-refractivity contribution in [1.29, 1.82) is 0 Å². The molecule has 0 radical (unpaired) electrons. The number of nitrogens with zero attached hydrogens (tertiary/aromatic N) is 5. The van der Waals surface area contributed by atoms with Gasteiger partial charge in [-0.15, -0.1) is 5.10 Å². The molecule has 2 aromatic carbocycles. The van der Waals surface area contributed by atoms with Gasteiger partial charge in [-0.25, -0.2) is 0 Å². The number of thioether (sulfide) groups is 1. The number of aromatic nitrogens is 4. The highest BCUT2D eigenvalue weighted by Gasteiger charge is 2.29. The van der Waals surface area contributed by atoms with Crippen molar-refractivity contribution < 1.29 is 9.59 Å². The lowest BCUT2D eigenvalue weighted by Gasteiger charge is -2.27. The third kappa shape index (κ3) is 4.10. The van der Waals surface area contributed by atoms with Gasteiger partial charge in [0.05, 0.1) is 22.8 Å². The van der Waals surface area contributed by atoms with Crippen molar-refractivity contribution in [3.8, 4) is 5.69 Å². The SMILES string of the molecule is CC1CC(=O)Nc2ccccc2N1C(=O)CSc1nnnn1-c1ccc(Cl)cc1. The largest absolute Gasteiger partial charge is 0.324 e. The molecule has 0 saturated heterocycles. The Morgan fingerprint density at radius 2 is 2.00 bits per heavy atom. The molecule has 8 nitrogen and oxygen atoms in total. The number of amides is 2. The lowest BCUT2D eigenvalue weighted by molar-refractivity contribution is -0.117. The number of benzene rings is 2. The van der Waals surface area contributed by atoms with Gasteiger partial charge in [-0.3, -0.25) is 9.59 Å². The van der Waals surface area contributed by atoms with Crippen LogP contribution in [0.25, 0.3) is 5.69 Å². The Kier molecular flexibility index (Phi) is 5.50. The van der Waals surface area contributed by atoms with Crippen molar-refractivity contribution in [3.05, 3.63) is 53.6 Å². The van der Waals surface area contributed by atoms with E-state index < -0.39 is 0 Å². The average Bonchev–Trinajstić information content (AvgIpc) is 3.12. The summed E-state index contributed by atoms with van der Waals surface area (Å²) in [4.78, 5) is 26.9. The van der Waals surface area contributed by atoms with E-state index in [-0.39, 0.29) is 30.0 Å². The minimum absolute atomic E-state index is 0.111. The normalized spacial score (nSPS) is 16.1. The van der Waals surface area contributed by atoms with Crippen molar-refractivity contribution in [2.45, 2.75) is 24.5 Å². The molecule has 3 aromatic rings. The zero-order valence-corrected chi connectivity index (χ0v) is 17.0. The zero-order chi connectivity index (χ0) is 20.4. The highest BCUT2D eigenvalue weighted by molar-refractivity contribution is 7.99. The number of para-hydroxylation sites is 2. The summed E-state index contributed by atoms with van der Waals surface area (Å²) in [6, 6.07) is 14.1. The number of hydrogen-bond acceptors (Lipinski definition) is 6. The predicted octanol–water partition coefficient (Wildman–Crippen LogP) is 3.17. The summed E-state index contributed by atoms with van der Waals surface area (Å²) in [5, 5.41) is 15.7. The van der Waals surface area contributed by atoms with Gasteiger partial charge in [0.15, 0.2) is 0 Å². The van der Waals surface area contributed by atoms with Gasteiger partial charge < -0.3 is 10.2 Å². The summed E-state index contributed by atoms with van der Waals surface area (Å²) in [5.41, 5.74) is 2.07. The molecule has 1 unspecified atom stereocenters. The first kappa shape index (κ1) is 19.4. The third-order valence-electron chi connectivity index (χ3n) is 4.46. The molecular weight excluding hydrogens is 412 g/mol. The molecule has 148 valence electrons. The van der Waals surface area contributed by atoms with E-state index in [2.05, 4.69) is 20.8 Å². The fraction of sp³-hybridized carbons (Fsp3) is 0.211. The molecule has 0 spiro atoms. The highest BCUT2D eigenvalue weighted by Crippen LogP contribution is 2.32. The molecule has 1 N–H and O–H groups in total. The Labute approximate surface area is 176 Å². The van der Waals surface area contributed by atoms with Crippen LogP contribution in [0.1, 0.15) is 13.3 Å². The lowest BCUT2D eigenvalue weighted by Crippen LogP contribution is -2.40. The summed E-state index contributed by atoms with van der Waals surface area (Å²) in [7, 11) is 0. The molecule has 2 amide bonds. The van der Waals surface area contributed by atoms with Crippen molar-refractivity contribution in [2.24, 2.45) is 0 Å². The first-order valence-electron chi connectivity index (χ1n) is 8.91. The first-order chi connectivity index (χ1) is 14.0. The van der Waals surface area contributed by atoms with Crippen LogP contribution in [0, 0.1) is 0 Å². The number of tetrazole rings is 1. The van der Waals surface area contributed by atoms with Crippen LogP contribution >= 0.6 is 23.4 Å². The fourth-order valence-corrected chi connectivity index (χ4v) is 4.05. The second-order valence-corrected chi connectivity index (χ2v) is 7.90. The number of anilines is 2. The van der Waals surface area contributed by atoms with E-state index in [0.717, 1.165) is 5.69 Å². The third-order valence-corrected chi connectivity index (χ3v) is 5.62. The average molecular weight is 429 g/mol. The molecule has 10 heteroatoms. The van der Waals surface area contributed by atoms with E-state index in [1.807, 2.05) is 25.1 Å².